The van der Waals surface area contributed by atoms with Gasteiger partial charge in [-0.25, -0.2) is 14.0 Å². The van der Waals surface area contributed by atoms with Crippen LogP contribution in [0, 0.1) is 5.82 Å². The number of amides is 3. The Morgan fingerprint density at radius 1 is 0.957 bits per heavy atom. The number of carbonyl (C=O) groups excluding carboxylic acids is 3. The molecule has 0 aliphatic heterocycles. The lowest BCUT2D eigenvalue weighted by atomic mass is 10.2. The first-order chi connectivity index (χ1) is 11.1. The molecule has 0 fully saturated rings. The molecule has 23 heavy (non-hydrogen) atoms. The maximum Gasteiger partial charge on any atom is 0.338 e. The zero-order chi connectivity index (χ0) is 16.7. The van der Waals surface area contributed by atoms with E-state index in [1.54, 1.807) is 18.2 Å². The van der Waals surface area contributed by atoms with Crippen molar-refractivity contribution in [1.82, 2.24) is 5.32 Å². The number of para-hydroxylation sites is 1. The van der Waals surface area contributed by atoms with Crippen molar-refractivity contribution in [2.45, 2.75) is 0 Å². The molecule has 0 saturated heterocycles. The van der Waals surface area contributed by atoms with E-state index < -0.39 is 30.3 Å². The van der Waals surface area contributed by atoms with Crippen molar-refractivity contribution in [3.63, 3.8) is 0 Å². The number of hydrogen-bond acceptors (Lipinski definition) is 4. The zero-order valence-corrected chi connectivity index (χ0v) is 11.9. The highest BCUT2D eigenvalue weighted by atomic mass is 19.1. The standard InChI is InChI=1S/C16H13FN2O4/c17-12-8-4-5-9-13(12)18-16(22)19-14(20)10-23-15(21)11-6-2-1-3-7-11/h1-9H,10H2,(H2,18,19,20,22). The van der Waals surface area contributed by atoms with Gasteiger partial charge in [-0.2, -0.15) is 0 Å². The van der Waals surface area contributed by atoms with Crippen LogP contribution in [0.2, 0.25) is 0 Å². The van der Waals surface area contributed by atoms with E-state index in [1.165, 1.54) is 36.4 Å². The van der Waals surface area contributed by atoms with Crippen LogP contribution >= 0.6 is 0 Å². The van der Waals surface area contributed by atoms with Crippen LogP contribution in [0.15, 0.2) is 54.6 Å². The number of esters is 1. The molecule has 0 unspecified atom stereocenters. The number of rotatable bonds is 4. The van der Waals surface area contributed by atoms with E-state index >= 15 is 0 Å². The fourth-order valence-corrected chi connectivity index (χ4v) is 1.67. The third-order valence-corrected chi connectivity index (χ3v) is 2.72. The average Bonchev–Trinajstić information content (AvgIpc) is 2.55. The summed E-state index contributed by atoms with van der Waals surface area (Å²) in [6.07, 6.45) is 0. The smallest absolute Gasteiger partial charge is 0.338 e. The van der Waals surface area contributed by atoms with Crippen LogP contribution in [-0.2, 0) is 9.53 Å². The minimum absolute atomic E-state index is 0.0703. The van der Waals surface area contributed by atoms with Crippen LogP contribution in [0.1, 0.15) is 10.4 Å². The molecule has 2 aromatic rings. The molecule has 0 bridgehead atoms. The number of anilines is 1. The number of hydrogen-bond donors (Lipinski definition) is 2. The molecule has 0 heterocycles. The number of urea groups is 1. The second-order valence-corrected chi connectivity index (χ2v) is 4.42. The van der Waals surface area contributed by atoms with Crippen molar-refractivity contribution in [3.05, 3.63) is 66.0 Å². The Hall–Kier alpha value is -3.22. The van der Waals surface area contributed by atoms with Gasteiger partial charge in [-0.3, -0.25) is 10.1 Å². The van der Waals surface area contributed by atoms with Crippen molar-refractivity contribution in [3.8, 4) is 0 Å². The normalized spacial score (nSPS) is 9.78. The molecule has 7 heteroatoms. The summed E-state index contributed by atoms with van der Waals surface area (Å²) in [5.74, 6) is -2.15. The third-order valence-electron chi connectivity index (χ3n) is 2.72. The predicted octanol–water partition coefficient (Wildman–Crippen LogP) is 2.33. The Morgan fingerprint density at radius 2 is 1.61 bits per heavy atom. The van der Waals surface area contributed by atoms with Crippen molar-refractivity contribution >= 4 is 23.6 Å². The molecule has 0 spiro atoms. The number of carbonyl (C=O) groups is 3. The molecule has 2 N–H and O–H groups in total. The topological polar surface area (TPSA) is 84.5 Å². The zero-order valence-electron chi connectivity index (χ0n) is 11.9. The third kappa shape index (κ3) is 4.92. The van der Waals surface area contributed by atoms with Gasteiger partial charge < -0.3 is 10.1 Å². The summed E-state index contributed by atoms with van der Waals surface area (Å²) in [7, 11) is 0. The Morgan fingerprint density at radius 3 is 2.30 bits per heavy atom. The van der Waals surface area contributed by atoms with Crippen LogP contribution in [0.25, 0.3) is 0 Å². The molecule has 0 radical (unpaired) electrons. The van der Waals surface area contributed by atoms with E-state index in [2.05, 4.69) is 5.32 Å². The molecule has 6 nitrogen and oxygen atoms in total. The van der Waals surface area contributed by atoms with Crippen LogP contribution in [0.3, 0.4) is 0 Å². The van der Waals surface area contributed by atoms with Gasteiger partial charge in [-0.1, -0.05) is 30.3 Å². The maximum atomic E-state index is 13.3. The second kappa shape index (κ2) is 7.69. The Labute approximate surface area is 131 Å². The minimum Gasteiger partial charge on any atom is -0.452 e. The van der Waals surface area contributed by atoms with Crippen molar-refractivity contribution in [1.29, 1.82) is 0 Å². The number of nitrogens with one attached hydrogen (secondary N) is 2. The molecular formula is C16H13FN2O4. The van der Waals surface area contributed by atoms with Gasteiger partial charge in [-0.05, 0) is 24.3 Å². The molecule has 118 valence electrons. The SMILES string of the molecule is O=C(COC(=O)c1ccccc1)NC(=O)Nc1ccccc1F. The average molecular weight is 316 g/mol. The van der Waals surface area contributed by atoms with E-state index in [0.717, 1.165) is 0 Å². The number of imide groups is 1. The first-order valence-corrected chi connectivity index (χ1v) is 6.64. The second-order valence-electron chi connectivity index (χ2n) is 4.42. The summed E-state index contributed by atoms with van der Waals surface area (Å²) in [5, 5.41) is 4.10. The van der Waals surface area contributed by atoms with Crippen molar-refractivity contribution in [2.75, 3.05) is 11.9 Å². The lowest BCUT2D eigenvalue weighted by Crippen LogP contribution is -2.37. The van der Waals surface area contributed by atoms with Crippen molar-refractivity contribution in [2.24, 2.45) is 0 Å². The van der Waals surface area contributed by atoms with E-state index in [1.807, 2.05) is 5.32 Å². The summed E-state index contributed by atoms with van der Waals surface area (Å²) in [4.78, 5) is 34.7. The first kappa shape index (κ1) is 16.2. The van der Waals surface area contributed by atoms with Gasteiger partial charge in [0.05, 0.1) is 11.3 Å². The molecule has 0 aromatic heterocycles. The van der Waals surface area contributed by atoms with Gasteiger partial charge in [0.1, 0.15) is 5.82 Å². The first-order valence-electron chi connectivity index (χ1n) is 6.64. The summed E-state index contributed by atoms with van der Waals surface area (Å²) in [6, 6.07) is 12.7. The van der Waals surface area contributed by atoms with Crippen LogP contribution in [0.5, 0.6) is 0 Å². The van der Waals surface area contributed by atoms with Gasteiger partial charge >= 0.3 is 12.0 Å². The fraction of sp³-hybridized carbons (Fsp3) is 0.0625. The van der Waals surface area contributed by atoms with Gasteiger partial charge in [0.2, 0.25) is 0 Å². The number of halogens is 1. The fourth-order valence-electron chi connectivity index (χ4n) is 1.67. The predicted molar refractivity (Wildman–Crippen MR) is 80.3 cm³/mol. The van der Waals surface area contributed by atoms with Crippen LogP contribution < -0.4 is 10.6 Å². The highest BCUT2D eigenvalue weighted by molar-refractivity contribution is 6.02. The van der Waals surface area contributed by atoms with E-state index in [-0.39, 0.29) is 11.3 Å². The Kier molecular flexibility index (Phi) is 5.40. The molecule has 0 atom stereocenters. The van der Waals surface area contributed by atoms with Gasteiger partial charge in [0.25, 0.3) is 5.91 Å². The van der Waals surface area contributed by atoms with Crippen LogP contribution in [0.4, 0.5) is 14.9 Å². The summed E-state index contributed by atoms with van der Waals surface area (Å²) >= 11 is 0. The Bertz CT molecular complexity index is 719. The van der Waals surface area contributed by atoms with Crippen LogP contribution in [-0.4, -0.2) is 24.5 Å². The lowest BCUT2D eigenvalue weighted by molar-refractivity contribution is -0.123. The molecule has 0 saturated carbocycles. The molecule has 0 aliphatic rings. The lowest BCUT2D eigenvalue weighted by Gasteiger charge is -2.08. The summed E-state index contributed by atoms with van der Waals surface area (Å²) in [6.45, 7) is -0.627. The van der Waals surface area contributed by atoms with E-state index in [4.69, 9.17) is 4.74 Å². The van der Waals surface area contributed by atoms with Gasteiger partial charge in [0.15, 0.2) is 6.61 Å². The molecule has 2 rings (SSSR count). The monoisotopic (exact) mass is 316 g/mol. The van der Waals surface area contributed by atoms with Gasteiger partial charge in [-0.15, -0.1) is 0 Å². The summed E-state index contributed by atoms with van der Waals surface area (Å²) < 4.78 is 18.1. The van der Waals surface area contributed by atoms with Gasteiger partial charge in [0, 0.05) is 0 Å². The van der Waals surface area contributed by atoms with E-state index in [9.17, 15) is 18.8 Å². The largest absolute Gasteiger partial charge is 0.452 e. The molecule has 3 amide bonds. The molecule has 2 aromatic carbocycles. The van der Waals surface area contributed by atoms with E-state index in [0.29, 0.717) is 0 Å². The number of benzene rings is 2. The summed E-state index contributed by atoms with van der Waals surface area (Å²) in [5.41, 5.74) is 0.218. The quantitative estimate of drug-likeness (QED) is 0.848. The molecular weight excluding hydrogens is 303 g/mol. The highest BCUT2D eigenvalue weighted by Gasteiger charge is 2.13. The maximum absolute atomic E-state index is 13.3. The minimum atomic E-state index is -0.920. The van der Waals surface area contributed by atoms with Crippen molar-refractivity contribution < 1.29 is 23.5 Å². The number of ether oxygens (including phenoxy) is 1. The highest BCUT2D eigenvalue weighted by Crippen LogP contribution is 2.11. The molecule has 0 aliphatic carbocycles. The Balaban J connectivity index is 1.79.